The van der Waals surface area contributed by atoms with Crippen LogP contribution in [0.15, 0.2) is 54.7 Å². The van der Waals surface area contributed by atoms with Crippen molar-refractivity contribution in [1.29, 1.82) is 0 Å². The molecule has 8 nitrogen and oxygen atoms in total. The van der Waals surface area contributed by atoms with Gasteiger partial charge < -0.3 is 25.0 Å². The molecule has 1 aromatic heterocycles. The lowest BCUT2D eigenvalue weighted by atomic mass is 10.0. The van der Waals surface area contributed by atoms with Crippen LogP contribution in [0.5, 0.6) is 17.4 Å². The minimum atomic E-state index is -1.26. The van der Waals surface area contributed by atoms with Gasteiger partial charge in [0.2, 0.25) is 0 Å². The number of ether oxygens (including phenoxy) is 2. The molecule has 0 aliphatic carbocycles. The van der Waals surface area contributed by atoms with Crippen molar-refractivity contribution in [2.45, 2.75) is 12.8 Å². The monoisotopic (exact) mass is 434 g/mol. The molecule has 1 aromatic carbocycles. The molecule has 3 rings (SSSR count). The van der Waals surface area contributed by atoms with Crippen molar-refractivity contribution in [3.63, 3.8) is 0 Å². The lowest BCUT2D eigenvalue weighted by Crippen LogP contribution is -2.33. The fraction of sp³-hybridized carbons (Fsp3) is 0.286. The second-order valence-electron chi connectivity index (χ2n) is 6.40. The van der Waals surface area contributed by atoms with Gasteiger partial charge in [-0.3, -0.25) is 0 Å². The number of benzene rings is 1. The third-order valence-electron chi connectivity index (χ3n) is 3.99. The molecular weight excluding hydrogens is 412 g/mol. The Bertz CT molecular complexity index is 852. The maximum Gasteiger partial charge on any atom is 0.328 e. The summed E-state index contributed by atoms with van der Waals surface area (Å²) in [6.45, 7) is 2.78. The molecule has 2 heterocycles. The maximum absolute atomic E-state index is 9.55. The molecule has 0 spiro atoms. The van der Waals surface area contributed by atoms with Crippen LogP contribution >= 0.6 is 11.6 Å². The van der Waals surface area contributed by atoms with E-state index in [1.165, 1.54) is 12.8 Å². The van der Waals surface area contributed by atoms with E-state index in [-0.39, 0.29) is 0 Å². The summed E-state index contributed by atoms with van der Waals surface area (Å²) >= 11 is 5.97. The van der Waals surface area contributed by atoms with Crippen molar-refractivity contribution in [2.24, 2.45) is 5.92 Å². The van der Waals surface area contributed by atoms with Crippen molar-refractivity contribution >= 4 is 23.5 Å². The van der Waals surface area contributed by atoms with Crippen LogP contribution in [0.25, 0.3) is 0 Å². The van der Waals surface area contributed by atoms with Crippen LogP contribution in [-0.2, 0) is 9.59 Å². The Hall–Kier alpha value is -3.10. The average Bonchev–Trinajstić information content (AvgIpc) is 2.73. The highest BCUT2D eigenvalue weighted by Crippen LogP contribution is 2.30. The number of hydrogen-bond donors (Lipinski definition) is 3. The molecule has 1 saturated heterocycles. The fourth-order valence-corrected chi connectivity index (χ4v) is 2.80. The molecule has 160 valence electrons. The smallest absolute Gasteiger partial charge is 0.328 e. The number of aliphatic carboxylic acids is 2. The number of carboxylic acids is 2. The van der Waals surface area contributed by atoms with Gasteiger partial charge in [-0.1, -0.05) is 17.7 Å². The van der Waals surface area contributed by atoms with Crippen LogP contribution in [-0.4, -0.2) is 46.8 Å². The highest BCUT2D eigenvalue weighted by Gasteiger charge is 2.15. The summed E-state index contributed by atoms with van der Waals surface area (Å²) in [5, 5.41) is 19.6. The summed E-state index contributed by atoms with van der Waals surface area (Å²) in [5.41, 5.74) is 0. The van der Waals surface area contributed by atoms with Gasteiger partial charge in [-0.2, -0.15) is 0 Å². The number of halogens is 1. The van der Waals surface area contributed by atoms with Crippen molar-refractivity contribution < 1.29 is 29.3 Å². The van der Waals surface area contributed by atoms with E-state index in [0.717, 1.165) is 13.1 Å². The second-order valence-corrected chi connectivity index (χ2v) is 6.84. The molecular formula is C21H23ClN2O6. The molecule has 30 heavy (non-hydrogen) atoms. The minimum Gasteiger partial charge on any atom is -0.488 e. The van der Waals surface area contributed by atoms with Crippen LogP contribution in [0, 0.1) is 5.92 Å². The van der Waals surface area contributed by atoms with E-state index >= 15 is 0 Å². The van der Waals surface area contributed by atoms with Crippen molar-refractivity contribution in [3.8, 4) is 17.4 Å². The zero-order chi connectivity index (χ0) is 21.8. The van der Waals surface area contributed by atoms with Crippen LogP contribution < -0.4 is 14.8 Å². The number of carboxylic acid groups (broad SMARTS) is 2. The first kappa shape index (κ1) is 23.2. The topological polar surface area (TPSA) is 118 Å². The fourth-order valence-electron chi connectivity index (χ4n) is 2.62. The first-order valence-electron chi connectivity index (χ1n) is 9.30. The Morgan fingerprint density at radius 2 is 1.97 bits per heavy atom. The van der Waals surface area contributed by atoms with Gasteiger partial charge in [-0.15, -0.1) is 0 Å². The van der Waals surface area contributed by atoms with Crippen LogP contribution in [0.4, 0.5) is 0 Å². The van der Waals surface area contributed by atoms with Crippen molar-refractivity contribution in [2.75, 3.05) is 19.7 Å². The zero-order valence-electron chi connectivity index (χ0n) is 16.2. The first-order chi connectivity index (χ1) is 14.4. The van der Waals surface area contributed by atoms with Gasteiger partial charge in [0.05, 0.1) is 6.61 Å². The van der Waals surface area contributed by atoms with Gasteiger partial charge in [0.15, 0.2) is 5.75 Å². The molecule has 0 amide bonds. The van der Waals surface area contributed by atoms with Gasteiger partial charge in [0, 0.05) is 35.8 Å². The lowest BCUT2D eigenvalue weighted by Gasteiger charge is -2.23. The molecule has 3 N–H and O–H groups in total. The summed E-state index contributed by atoms with van der Waals surface area (Å²) in [6.07, 6.45) is 5.20. The van der Waals surface area contributed by atoms with E-state index in [4.69, 9.17) is 31.3 Å². The number of carbonyl (C=O) groups is 2. The predicted octanol–water partition coefficient (Wildman–Crippen LogP) is 3.62. The highest BCUT2D eigenvalue weighted by atomic mass is 35.5. The van der Waals surface area contributed by atoms with E-state index in [1.54, 1.807) is 18.3 Å². The molecule has 1 aliphatic heterocycles. The molecule has 1 aliphatic rings. The summed E-state index contributed by atoms with van der Waals surface area (Å²) in [7, 11) is 0. The predicted molar refractivity (Wildman–Crippen MR) is 111 cm³/mol. The van der Waals surface area contributed by atoms with Gasteiger partial charge in [0.25, 0.3) is 5.88 Å². The Morgan fingerprint density at radius 1 is 1.20 bits per heavy atom. The molecule has 0 bridgehead atoms. The van der Waals surface area contributed by atoms with Crippen molar-refractivity contribution in [1.82, 2.24) is 10.3 Å². The number of nitrogens with one attached hydrogen (secondary N) is 1. The van der Waals surface area contributed by atoms with Crippen molar-refractivity contribution in [3.05, 3.63) is 59.8 Å². The average molecular weight is 435 g/mol. The van der Waals surface area contributed by atoms with Gasteiger partial charge in [-0.05, 0) is 49.7 Å². The standard InChI is InChI=1S/C17H19ClN2O2.C4H4O4/c18-14-5-1-6-15(10-14)22-17-16(7-3-9-20-17)21-12-13-4-2-8-19-11-13;5-3(6)1-2-4(7)8/h1,3,5-7,9-10,13,19H,2,4,8,11-12H2;1-2H,(H,5,6)(H,7,8)/b;2-1+/t13-;/m0./s1. The maximum atomic E-state index is 9.55. The summed E-state index contributed by atoms with van der Waals surface area (Å²) in [4.78, 5) is 23.4. The minimum absolute atomic E-state index is 0.466. The number of nitrogens with zero attached hydrogens (tertiary/aromatic N) is 1. The van der Waals surface area contributed by atoms with Gasteiger partial charge in [-0.25, -0.2) is 14.6 Å². The number of pyridine rings is 1. The third kappa shape index (κ3) is 8.93. The van der Waals surface area contributed by atoms with E-state index in [9.17, 15) is 9.59 Å². The van der Waals surface area contributed by atoms with Crippen LogP contribution in [0.3, 0.4) is 0 Å². The van der Waals surface area contributed by atoms with E-state index in [2.05, 4.69) is 10.3 Å². The highest BCUT2D eigenvalue weighted by molar-refractivity contribution is 6.30. The molecule has 1 atom stereocenters. The summed E-state index contributed by atoms with van der Waals surface area (Å²) in [6, 6.07) is 11.0. The Balaban J connectivity index is 0.000000343. The Morgan fingerprint density at radius 3 is 2.60 bits per heavy atom. The van der Waals surface area contributed by atoms with Crippen LogP contribution in [0.1, 0.15) is 12.8 Å². The van der Waals surface area contributed by atoms with E-state index in [1.807, 2.05) is 24.3 Å². The zero-order valence-corrected chi connectivity index (χ0v) is 16.9. The largest absolute Gasteiger partial charge is 0.488 e. The Kier molecular flexibility index (Phi) is 9.63. The molecule has 0 saturated carbocycles. The molecule has 2 aromatic rings. The normalized spacial score (nSPS) is 15.7. The number of aromatic nitrogens is 1. The first-order valence-corrected chi connectivity index (χ1v) is 9.67. The summed E-state index contributed by atoms with van der Waals surface area (Å²) in [5.74, 6) is -0.204. The number of piperidine rings is 1. The third-order valence-corrected chi connectivity index (χ3v) is 4.22. The number of rotatable bonds is 7. The molecule has 0 unspecified atom stereocenters. The quantitative estimate of drug-likeness (QED) is 0.565. The molecule has 9 heteroatoms. The second kappa shape index (κ2) is 12.5. The number of hydrogen-bond acceptors (Lipinski definition) is 6. The van der Waals surface area contributed by atoms with Crippen LogP contribution in [0.2, 0.25) is 5.02 Å². The molecule has 1 fully saturated rings. The SMILES string of the molecule is Clc1cccc(Oc2ncccc2OC[C@H]2CCCNC2)c1.O=C(O)/C=C/C(=O)O. The Labute approximate surface area is 179 Å². The lowest BCUT2D eigenvalue weighted by molar-refractivity contribution is -0.134. The van der Waals surface area contributed by atoms with E-state index in [0.29, 0.717) is 47.1 Å². The van der Waals surface area contributed by atoms with Gasteiger partial charge in [0.1, 0.15) is 5.75 Å². The molecule has 0 radical (unpaired) electrons. The van der Waals surface area contributed by atoms with Gasteiger partial charge >= 0.3 is 11.9 Å². The summed E-state index contributed by atoms with van der Waals surface area (Å²) < 4.78 is 11.7. The van der Waals surface area contributed by atoms with E-state index < -0.39 is 11.9 Å².